The molecule has 2 aromatic carbocycles. The number of halogens is 2. The van der Waals surface area contributed by atoms with E-state index < -0.39 is 5.60 Å². The summed E-state index contributed by atoms with van der Waals surface area (Å²) in [7, 11) is 0. The van der Waals surface area contributed by atoms with Gasteiger partial charge in [-0.1, -0.05) is 22.0 Å². The third-order valence-electron chi connectivity index (χ3n) is 7.35. The number of piperidine rings is 1. The summed E-state index contributed by atoms with van der Waals surface area (Å²) >= 11 is 3.55. The van der Waals surface area contributed by atoms with Crippen LogP contribution in [-0.4, -0.2) is 42.1 Å². The maximum atomic E-state index is 14.3. The number of aryl methyl sites for hydroxylation is 1. The molecule has 0 spiro atoms. The maximum absolute atomic E-state index is 14.3. The van der Waals surface area contributed by atoms with Gasteiger partial charge in [-0.2, -0.15) is 0 Å². The topological polar surface area (TPSA) is 71.5 Å². The number of amides is 1. The quantitative estimate of drug-likeness (QED) is 0.269. The number of benzene rings is 2. The first-order valence-corrected chi connectivity index (χ1v) is 14.8. The molecule has 0 aliphatic carbocycles. The largest absolute Gasteiger partial charge is 0.460 e. The Hall–Kier alpha value is -3.00. The number of anilines is 1. The van der Waals surface area contributed by atoms with Gasteiger partial charge in [0.15, 0.2) is 0 Å². The van der Waals surface area contributed by atoms with Crippen LogP contribution >= 0.6 is 15.9 Å². The Morgan fingerprint density at radius 1 is 1.10 bits per heavy atom. The minimum absolute atomic E-state index is 0.164. The van der Waals surface area contributed by atoms with Gasteiger partial charge in [0.2, 0.25) is 0 Å². The summed E-state index contributed by atoms with van der Waals surface area (Å²) in [4.78, 5) is 33.6. The summed E-state index contributed by atoms with van der Waals surface area (Å²) in [5.41, 5.74) is 3.30. The number of rotatable bonds is 8. The molecular weight excluding hydrogens is 573 g/mol. The van der Waals surface area contributed by atoms with Crippen LogP contribution in [0.5, 0.6) is 0 Å². The van der Waals surface area contributed by atoms with E-state index in [9.17, 15) is 14.0 Å². The lowest BCUT2D eigenvalue weighted by molar-refractivity contribution is -0.155. The van der Waals surface area contributed by atoms with Crippen LogP contribution in [0, 0.1) is 19.7 Å². The highest BCUT2D eigenvalue weighted by Gasteiger charge is 2.25. The van der Waals surface area contributed by atoms with Crippen LogP contribution in [0.1, 0.15) is 85.8 Å². The number of ether oxygens (including phenoxy) is 1. The standard InChI is InChI=1S/C32H39BrFN3O3/c1-20-9-12-24(34)18-25(20)22(10-14-28(38)40-32(3,4)5)19-35-31(39)29-21(2)30(37-15-7-6-8-16-37)36-27-13-11-23(33)17-26(27)29/h9,11-13,17-18,22H,6-8,10,14-16,19H2,1-5H3,(H,35,39). The third-order valence-corrected chi connectivity index (χ3v) is 7.85. The average Bonchev–Trinajstić information content (AvgIpc) is 2.89. The number of carbonyl (C=O) groups excluding carboxylic acids is 2. The molecule has 1 aliphatic rings. The Kier molecular flexibility index (Phi) is 9.49. The van der Waals surface area contributed by atoms with Crippen LogP contribution in [0.3, 0.4) is 0 Å². The van der Waals surface area contributed by atoms with E-state index in [4.69, 9.17) is 9.72 Å². The number of carbonyl (C=O) groups is 2. The molecule has 4 rings (SSSR count). The molecule has 0 saturated carbocycles. The van der Waals surface area contributed by atoms with E-state index in [-0.39, 0.29) is 36.6 Å². The average molecular weight is 613 g/mol. The summed E-state index contributed by atoms with van der Waals surface area (Å²) in [6.45, 7) is 11.5. The van der Waals surface area contributed by atoms with E-state index in [1.807, 2.05) is 52.8 Å². The zero-order chi connectivity index (χ0) is 29.0. The second kappa shape index (κ2) is 12.7. The zero-order valence-corrected chi connectivity index (χ0v) is 25.7. The molecular formula is C32H39BrFN3O3. The highest BCUT2D eigenvalue weighted by molar-refractivity contribution is 9.10. The minimum Gasteiger partial charge on any atom is -0.460 e. The van der Waals surface area contributed by atoms with Crippen LogP contribution in [0.15, 0.2) is 40.9 Å². The summed E-state index contributed by atoms with van der Waals surface area (Å²) < 4.78 is 20.7. The van der Waals surface area contributed by atoms with Crippen molar-refractivity contribution in [3.63, 3.8) is 0 Å². The highest BCUT2D eigenvalue weighted by Crippen LogP contribution is 2.32. The SMILES string of the molecule is Cc1ccc(F)cc1C(CCC(=O)OC(C)(C)C)CNC(=O)c1c(C)c(N2CCCCC2)nc2ccc(Br)cc12. The molecule has 214 valence electrons. The molecule has 1 unspecified atom stereocenters. The van der Waals surface area contributed by atoms with Crippen LogP contribution in [0.4, 0.5) is 10.2 Å². The van der Waals surface area contributed by atoms with E-state index in [1.54, 1.807) is 6.07 Å². The van der Waals surface area contributed by atoms with Crippen LogP contribution < -0.4 is 10.2 Å². The van der Waals surface area contributed by atoms with Crippen molar-refractivity contribution in [2.45, 2.75) is 78.2 Å². The molecule has 0 bridgehead atoms. The lowest BCUT2D eigenvalue weighted by atomic mass is 9.90. The summed E-state index contributed by atoms with van der Waals surface area (Å²) in [5.74, 6) is -0.292. The number of aromatic nitrogens is 1. The highest BCUT2D eigenvalue weighted by atomic mass is 79.9. The normalized spacial score (nSPS) is 14.7. The van der Waals surface area contributed by atoms with Gasteiger partial charge in [0.1, 0.15) is 17.2 Å². The fraction of sp³-hybridized carbons (Fsp3) is 0.469. The van der Waals surface area contributed by atoms with Gasteiger partial charge in [-0.3, -0.25) is 9.59 Å². The Balaban J connectivity index is 1.64. The maximum Gasteiger partial charge on any atom is 0.306 e. The summed E-state index contributed by atoms with van der Waals surface area (Å²) in [5, 5.41) is 3.90. The lowest BCUT2D eigenvalue weighted by Crippen LogP contribution is -2.33. The predicted octanol–water partition coefficient (Wildman–Crippen LogP) is 7.38. The van der Waals surface area contributed by atoms with Crippen LogP contribution in [-0.2, 0) is 9.53 Å². The van der Waals surface area contributed by atoms with E-state index in [0.717, 1.165) is 63.8 Å². The minimum atomic E-state index is -0.587. The zero-order valence-electron chi connectivity index (χ0n) is 24.1. The van der Waals surface area contributed by atoms with Crippen LogP contribution in [0.25, 0.3) is 10.9 Å². The molecule has 1 aromatic heterocycles. The molecule has 1 aliphatic heterocycles. The Morgan fingerprint density at radius 3 is 2.52 bits per heavy atom. The van der Waals surface area contributed by atoms with Gasteiger partial charge in [-0.25, -0.2) is 9.37 Å². The Labute approximate surface area is 244 Å². The van der Waals surface area contributed by atoms with E-state index in [2.05, 4.69) is 26.1 Å². The Morgan fingerprint density at radius 2 is 1.82 bits per heavy atom. The van der Waals surface area contributed by atoms with Gasteiger partial charge in [0.05, 0.1) is 11.1 Å². The first-order chi connectivity index (χ1) is 18.9. The van der Waals surface area contributed by atoms with E-state index in [1.165, 1.54) is 18.6 Å². The first-order valence-electron chi connectivity index (χ1n) is 14.0. The third kappa shape index (κ3) is 7.39. The number of pyridine rings is 1. The molecule has 1 fully saturated rings. The second-order valence-electron chi connectivity index (χ2n) is 11.7. The van der Waals surface area contributed by atoms with Gasteiger partial charge in [0.25, 0.3) is 5.91 Å². The number of hydrogen-bond donors (Lipinski definition) is 1. The number of esters is 1. The first kappa shape index (κ1) is 30.0. The van der Waals surface area contributed by atoms with E-state index >= 15 is 0 Å². The summed E-state index contributed by atoms with van der Waals surface area (Å²) in [6, 6.07) is 10.5. The van der Waals surface area contributed by atoms with Crippen molar-refractivity contribution in [2.75, 3.05) is 24.5 Å². The Bertz CT molecular complexity index is 1400. The van der Waals surface area contributed by atoms with Crippen LogP contribution in [0.2, 0.25) is 0 Å². The summed E-state index contributed by atoms with van der Waals surface area (Å²) in [6.07, 6.45) is 3.99. The fourth-order valence-corrected chi connectivity index (χ4v) is 5.79. The molecule has 3 aromatic rings. The smallest absolute Gasteiger partial charge is 0.306 e. The van der Waals surface area contributed by atoms with Gasteiger partial charge >= 0.3 is 5.97 Å². The molecule has 1 saturated heterocycles. The van der Waals surface area contributed by atoms with E-state index in [0.29, 0.717) is 12.0 Å². The second-order valence-corrected chi connectivity index (χ2v) is 12.6. The van der Waals surface area contributed by atoms with Crippen molar-refractivity contribution in [3.8, 4) is 0 Å². The van der Waals surface area contributed by atoms with Gasteiger partial charge in [-0.15, -0.1) is 0 Å². The van der Waals surface area contributed by atoms with Crippen molar-refractivity contribution >= 4 is 44.5 Å². The molecule has 1 atom stereocenters. The predicted molar refractivity (Wildman–Crippen MR) is 162 cm³/mol. The van der Waals surface area contributed by atoms with Gasteiger partial charge in [0, 0.05) is 47.4 Å². The fourth-order valence-electron chi connectivity index (χ4n) is 5.43. The molecule has 40 heavy (non-hydrogen) atoms. The van der Waals surface area contributed by atoms with Crippen molar-refractivity contribution in [1.82, 2.24) is 10.3 Å². The van der Waals surface area contributed by atoms with Crippen molar-refractivity contribution < 1.29 is 18.7 Å². The lowest BCUT2D eigenvalue weighted by Gasteiger charge is -2.30. The number of fused-ring (bicyclic) bond motifs is 1. The van der Waals surface area contributed by atoms with Gasteiger partial charge < -0.3 is 15.0 Å². The molecule has 2 heterocycles. The number of nitrogens with one attached hydrogen (secondary N) is 1. The van der Waals surface area contributed by atoms with Crippen molar-refractivity contribution in [2.24, 2.45) is 0 Å². The molecule has 8 heteroatoms. The molecule has 0 radical (unpaired) electrons. The monoisotopic (exact) mass is 611 g/mol. The molecule has 6 nitrogen and oxygen atoms in total. The molecule has 1 amide bonds. The van der Waals surface area contributed by atoms with Crippen molar-refractivity contribution in [3.05, 3.63) is 68.9 Å². The number of hydrogen-bond acceptors (Lipinski definition) is 5. The van der Waals surface area contributed by atoms with Gasteiger partial charge in [-0.05, 0) is 102 Å². The number of nitrogens with zero attached hydrogens (tertiary/aromatic N) is 2. The molecule has 1 N–H and O–H groups in total. The van der Waals surface area contributed by atoms with Crippen molar-refractivity contribution in [1.29, 1.82) is 0 Å².